The van der Waals surface area contributed by atoms with Crippen LogP contribution >= 0.6 is 23.4 Å². The van der Waals surface area contributed by atoms with E-state index in [1.807, 2.05) is 18.2 Å². The Morgan fingerprint density at radius 2 is 1.88 bits per heavy atom. The number of hydrogen-bond acceptors (Lipinski definition) is 6. The van der Waals surface area contributed by atoms with Crippen LogP contribution in [0.2, 0.25) is 5.02 Å². The van der Waals surface area contributed by atoms with E-state index < -0.39 is 0 Å². The summed E-state index contributed by atoms with van der Waals surface area (Å²) in [6.07, 6.45) is 3.15. The molecule has 32 heavy (non-hydrogen) atoms. The fourth-order valence-electron chi connectivity index (χ4n) is 3.46. The summed E-state index contributed by atoms with van der Waals surface area (Å²) in [5.41, 5.74) is 3.53. The van der Waals surface area contributed by atoms with Crippen molar-refractivity contribution in [1.29, 1.82) is 0 Å². The number of carbonyl (C=O) groups is 1. The van der Waals surface area contributed by atoms with Crippen molar-refractivity contribution >= 4 is 41.2 Å². The van der Waals surface area contributed by atoms with Gasteiger partial charge in [-0.25, -0.2) is 4.68 Å². The van der Waals surface area contributed by atoms with Gasteiger partial charge in [-0.2, -0.15) is 16.9 Å². The molecule has 0 bridgehead atoms. The Kier molecular flexibility index (Phi) is 6.62. The second-order valence-electron chi connectivity index (χ2n) is 6.94. The van der Waals surface area contributed by atoms with Gasteiger partial charge in [0.2, 0.25) is 11.7 Å². The Morgan fingerprint density at radius 3 is 2.53 bits per heavy atom. The number of anilines is 1. The van der Waals surface area contributed by atoms with Crippen molar-refractivity contribution in [2.24, 2.45) is 0 Å². The van der Waals surface area contributed by atoms with Crippen LogP contribution in [0.1, 0.15) is 16.8 Å². The molecule has 0 saturated carbocycles. The van der Waals surface area contributed by atoms with Gasteiger partial charge in [0.05, 0.1) is 32.7 Å². The molecule has 1 aliphatic rings. The number of halogens is 1. The molecule has 2 heterocycles. The third-order valence-corrected chi connectivity index (χ3v) is 6.17. The van der Waals surface area contributed by atoms with E-state index >= 15 is 0 Å². The van der Waals surface area contributed by atoms with Gasteiger partial charge >= 0.3 is 0 Å². The van der Waals surface area contributed by atoms with Crippen LogP contribution in [0, 0.1) is 0 Å². The Hall–Kier alpha value is -3.10. The first-order valence-electron chi connectivity index (χ1n) is 9.77. The second kappa shape index (κ2) is 9.58. The van der Waals surface area contributed by atoms with Crippen LogP contribution in [-0.4, -0.2) is 37.0 Å². The van der Waals surface area contributed by atoms with Crippen LogP contribution in [0.15, 0.2) is 42.5 Å². The first-order valence-corrected chi connectivity index (χ1v) is 11.3. The molecule has 3 aromatic rings. The van der Waals surface area contributed by atoms with Crippen molar-refractivity contribution in [3.05, 3.63) is 64.3 Å². The van der Waals surface area contributed by atoms with Gasteiger partial charge in [-0.3, -0.25) is 4.79 Å². The van der Waals surface area contributed by atoms with E-state index in [-0.39, 0.29) is 5.91 Å². The molecular weight excluding hydrogens is 450 g/mol. The number of nitrogens with zero attached hydrogens (tertiary/aromatic N) is 2. The normalized spacial score (nSPS) is 12.6. The molecule has 9 heteroatoms. The minimum atomic E-state index is -0.276. The van der Waals surface area contributed by atoms with Crippen molar-refractivity contribution in [2.45, 2.75) is 11.5 Å². The average Bonchev–Trinajstić information content (AvgIpc) is 3.39. The summed E-state index contributed by atoms with van der Waals surface area (Å²) in [5, 5.41) is 8.28. The zero-order chi connectivity index (χ0) is 22.7. The molecule has 0 unspecified atom stereocenters. The van der Waals surface area contributed by atoms with Gasteiger partial charge in [0.15, 0.2) is 11.5 Å². The third-order valence-electron chi connectivity index (χ3n) is 4.96. The highest BCUT2D eigenvalue weighted by atomic mass is 35.5. The lowest BCUT2D eigenvalue weighted by Crippen LogP contribution is -2.13. The van der Waals surface area contributed by atoms with Crippen LogP contribution in [0.25, 0.3) is 11.8 Å². The fourth-order valence-corrected chi connectivity index (χ4v) is 4.68. The van der Waals surface area contributed by atoms with Gasteiger partial charge in [0, 0.05) is 28.2 Å². The van der Waals surface area contributed by atoms with Gasteiger partial charge in [-0.1, -0.05) is 17.7 Å². The maximum Gasteiger partial charge on any atom is 0.249 e. The number of nitrogens with one attached hydrogen (secondary N) is 1. The van der Waals surface area contributed by atoms with Crippen molar-refractivity contribution in [3.63, 3.8) is 0 Å². The fraction of sp³-hybridized carbons (Fsp3) is 0.217. The summed E-state index contributed by atoms with van der Waals surface area (Å²) in [6, 6.07) is 10.9. The maximum atomic E-state index is 12.8. The highest BCUT2D eigenvalue weighted by Crippen LogP contribution is 2.39. The lowest BCUT2D eigenvalue weighted by Gasteiger charge is -2.13. The topological polar surface area (TPSA) is 74.6 Å². The monoisotopic (exact) mass is 471 g/mol. The van der Waals surface area contributed by atoms with Crippen LogP contribution in [-0.2, 0) is 16.3 Å². The van der Waals surface area contributed by atoms with Gasteiger partial charge < -0.3 is 19.5 Å². The minimum Gasteiger partial charge on any atom is -0.493 e. The van der Waals surface area contributed by atoms with Crippen molar-refractivity contribution < 1.29 is 19.0 Å². The largest absolute Gasteiger partial charge is 0.493 e. The predicted octanol–water partition coefficient (Wildman–Crippen LogP) is 4.95. The molecule has 4 rings (SSSR count). The molecule has 0 saturated heterocycles. The predicted molar refractivity (Wildman–Crippen MR) is 127 cm³/mol. The number of benzene rings is 2. The zero-order valence-electron chi connectivity index (χ0n) is 17.8. The first kappa shape index (κ1) is 22.1. The van der Waals surface area contributed by atoms with Crippen molar-refractivity contribution in [2.75, 3.05) is 26.6 Å². The van der Waals surface area contributed by atoms with Crippen LogP contribution in [0.5, 0.6) is 17.2 Å². The van der Waals surface area contributed by atoms with Gasteiger partial charge in [0.25, 0.3) is 0 Å². The van der Waals surface area contributed by atoms with Crippen LogP contribution in [0.4, 0.5) is 5.82 Å². The summed E-state index contributed by atoms with van der Waals surface area (Å²) >= 11 is 7.93. The van der Waals surface area contributed by atoms with E-state index in [0.717, 1.165) is 34.0 Å². The standard InChI is InChI=1S/C23H22ClN3O4S/c1-29-19-9-14(10-20(30-2)22(19)31-3)7-8-21(28)25-23-17-12-32-13-18(17)26-27(23)16-6-4-5-15(24)11-16/h4-11H,12-13H2,1-3H3,(H,25,28)/b8-7+. The maximum absolute atomic E-state index is 12.8. The number of aromatic nitrogens is 2. The summed E-state index contributed by atoms with van der Waals surface area (Å²) in [6.45, 7) is 0. The molecule has 1 N–H and O–H groups in total. The van der Waals surface area contributed by atoms with E-state index in [1.165, 1.54) is 6.08 Å². The highest BCUT2D eigenvalue weighted by Gasteiger charge is 2.24. The minimum absolute atomic E-state index is 0.276. The average molecular weight is 472 g/mol. The molecule has 0 radical (unpaired) electrons. The zero-order valence-corrected chi connectivity index (χ0v) is 19.4. The van der Waals surface area contributed by atoms with E-state index in [2.05, 4.69) is 10.4 Å². The Bertz CT molecular complexity index is 1170. The molecule has 7 nitrogen and oxygen atoms in total. The van der Waals surface area contributed by atoms with Gasteiger partial charge in [-0.15, -0.1) is 0 Å². The number of carbonyl (C=O) groups excluding carboxylic acids is 1. The van der Waals surface area contributed by atoms with Crippen molar-refractivity contribution in [3.8, 4) is 22.9 Å². The SMILES string of the molecule is COc1cc(/C=C/C(=O)Nc2c3c(nn2-c2cccc(Cl)c2)CSC3)cc(OC)c1OC. The molecule has 0 spiro atoms. The van der Waals surface area contributed by atoms with E-state index in [4.69, 9.17) is 25.8 Å². The summed E-state index contributed by atoms with van der Waals surface area (Å²) < 4.78 is 17.8. The number of hydrogen-bond donors (Lipinski definition) is 1. The lowest BCUT2D eigenvalue weighted by atomic mass is 10.1. The van der Waals surface area contributed by atoms with Gasteiger partial charge in [0.1, 0.15) is 5.82 Å². The number of methoxy groups -OCH3 is 3. The Labute approximate surface area is 195 Å². The number of ether oxygens (including phenoxy) is 3. The third kappa shape index (κ3) is 4.42. The number of thioether (sulfide) groups is 1. The smallest absolute Gasteiger partial charge is 0.249 e. The van der Waals surface area contributed by atoms with Crippen molar-refractivity contribution in [1.82, 2.24) is 9.78 Å². The summed E-state index contributed by atoms with van der Waals surface area (Å²) in [4.78, 5) is 12.8. The second-order valence-corrected chi connectivity index (χ2v) is 8.36. The molecule has 1 amide bonds. The first-order chi connectivity index (χ1) is 15.5. The lowest BCUT2D eigenvalue weighted by molar-refractivity contribution is -0.111. The molecule has 0 aliphatic carbocycles. The Balaban J connectivity index is 1.61. The van der Waals surface area contributed by atoms with E-state index in [0.29, 0.717) is 28.1 Å². The summed E-state index contributed by atoms with van der Waals surface area (Å²) in [7, 11) is 4.64. The molecule has 1 aromatic heterocycles. The van der Waals surface area contributed by atoms with E-state index in [1.54, 1.807) is 62.0 Å². The molecule has 0 atom stereocenters. The van der Waals surface area contributed by atoms with Crippen LogP contribution < -0.4 is 19.5 Å². The Morgan fingerprint density at radius 1 is 1.12 bits per heavy atom. The molecule has 2 aromatic carbocycles. The summed E-state index contributed by atoms with van der Waals surface area (Å²) in [5.74, 6) is 3.51. The molecule has 1 aliphatic heterocycles. The molecule has 166 valence electrons. The number of rotatable bonds is 7. The van der Waals surface area contributed by atoms with Gasteiger partial charge in [-0.05, 0) is 42.0 Å². The van der Waals surface area contributed by atoms with Crippen LogP contribution in [0.3, 0.4) is 0 Å². The quantitative estimate of drug-likeness (QED) is 0.491. The number of fused-ring (bicyclic) bond motifs is 1. The number of amides is 1. The molecular formula is C23H22ClN3O4S. The highest BCUT2D eigenvalue weighted by molar-refractivity contribution is 7.98. The van der Waals surface area contributed by atoms with E-state index in [9.17, 15) is 4.79 Å². The molecule has 0 fully saturated rings.